The summed E-state index contributed by atoms with van der Waals surface area (Å²) >= 11 is 1.76. The molecule has 0 atom stereocenters. The van der Waals surface area contributed by atoms with Gasteiger partial charge in [-0.05, 0) is 61.6 Å². The van der Waals surface area contributed by atoms with Gasteiger partial charge in [-0.15, -0.1) is 11.3 Å². The van der Waals surface area contributed by atoms with Crippen LogP contribution in [0, 0.1) is 0 Å². The molecule has 10 aromatic rings. The van der Waals surface area contributed by atoms with Crippen LogP contribution >= 0.6 is 11.3 Å². The Morgan fingerprint density at radius 3 is 1.82 bits per heavy atom. The van der Waals surface area contributed by atoms with Crippen molar-refractivity contribution in [3.05, 3.63) is 170 Å². The lowest BCUT2D eigenvalue weighted by atomic mass is 9.91. The molecule has 49 heavy (non-hydrogen) atoms. The van der Waals surface area contributed by atoms with Crippen molar-refractivity contribution in [2.24, 2.45) is 0 Å². The highest BCUT2D eigenvalue weighted by molar-refractivity contribution is 7.19. The lowest BCUT2D eigenvalue weighted by Crippen LogP contribution is -1.91. The topological polar surface area (TPSA) is 25.8 Å². The molecule has 0 aliphatic rings. The highest BCUT2D eigenvalue weighted by atomic mass is 32.1. The van der Waals surface area contributed by atoms with Crippen molar-refractivity contribution < 1.29 is 9.60 Å². The predicted octanol–water partition coefficient (Wildman–Crippen LogP) is 13.0. The molecule has 3 heterocycles. The summed E-state index contributed by atoms with van der Waals surface area (Å²) in [6.07, 6.45) is -0.457. The molecule has 0 aliphatic carbocycles. The quantitative estimate of drug-likeness (QED) is 0.178. The van der Waals surface area contributed by atoms with E-state index in [-0.39, 0.29) is 57.7 Å². The van der Waals surface area contributed by atoms with Gasteiger partial charge in [0.1, 0.15) is 0 Å². The lowest BCUT2D eigenvalue weighted by molar-refractivity contribution is 1.37. The van der Waals surface area contributed by atoms with Gasteiger partial charge in [0.05, 0.1) is 26.3 Å². The summed E-state index contributed by atoms with van der Waals surface area (Å²) in [5.41, 5.74) is 5.19. The van der Waals surface area contributed by atoms with Crippen molar-refractivity contribution in [3.8, 4) is 43.3 Å². The third-order valence-electron chi connectivity index (χ3n) is 9.24. The molecule has 0 N–H and O–H groups in total. The minimum absolute atomic E-state index is 0.00152. The lowest BCUT2D eigenvalue weighted by Gasteiger charge is -2.14. The Morgan fingerprint density at radius 2 is 1.04 bits per heavy atom. The fourth-order valence-electron chi connectivity index (χ4n) is 6.97. The van der Waals surface area contributed by atoms with Crippen molar-refractivity contribution in [3.63, 3.8) is 0 Å². The molecule has 0 spiro atoms. The Kier molecular flexibility index (Phi) is 4.96. The molecule has 0 saturated carbocycles. The van der Waals surface area contributed by atoms with Crippen LogP contribution in [0.25, 0.3) is 97.4 Å². The molecule has 10 rings (SSSR count). The first-order chi connectivity index (χ1) is 27.2. The van der Waals surface area contributed by atoms with Crippen molar-refractivity contribution >= 4 is 65.5 Å². The third-order valence-corrected chi connectivity index (χ3v) is 10.4. The second-order valence-corrected chi connectivity index (χ2v) is 13.0. The van der Waals surface area contributed by atoms with Gasteiger partial charge in [-0.25, -0.2) is 4.98 Å². The summed E-state index contributed by atoms with van der Waals surface area (Å²) in [6.45, 7) is 0. The van der Waals surface area contributed by atoms with Gasteiger partial charge in [0, 0.05) is 43.4 Å². The molecule has 2 nitrogen and oxygen atoms in total. The highest BCUT2D eigenvalue weighted by Crippen LogP contribution is 2.48. The van der Waals surface area contributed by atoms with Gasteiger partial charge in [-0.3, -0.25) is 4.98 Å². The standard InChI is InChI=1S/C46H28N2S/c1-3-15-33-29(10-1)12-7-19-39(33)43-28-41(46(49-43)40-20-8-13-30-11-2-4-16-34(30)40)37-24-25-38(36-18-6-5-17-35(36)37)42-26-23-32-22-21-31-14-9-27-47-44(31)45(32)48-42/h1-28H/i9D,14D,21D,22D,23D,26D,27D. The molecule has 0 saturated heterocycles. The number of thiophene rings is 1. The van der Waals surface area contributed by atoms with Crippen molar-refractivity contribution in [2.75, 3.05) is 0 Å². The average molecular weight is 648 g/mol. The second kappa shape index (κ2) is 11.2. The van der Waals surface area contributed by atoms with E-state index in [1.165, 1.54) is 10.8 Å². The van der Waals surface area contributed by atoms with Crippen LogP contribution < -0.4 is 0 Å². The van der Waals surface area contributed by atoms with Gasteiger partial charge in [0.15, 0.2) is 0 Å². The molecule has 3 aromatic heterocycles. The van der Waals surface area contributed by atoms with Crippen LogP contribution in [0.3, 0.4) is 0 Å². The van der Waals surface area contributed by atoms with Gasteiger partial charge in [0.25, 0.3) is 0 Å². The average Bonchev–Trinajstić information content (AvgIpc) is 3.67. The van der Waals surface area contributed by atoms with Gasteiger partial charge in [0.2, 0.25) is 0 Å². The van der Waals surface area contributed by atoms with E-state index < -0.39 is 12.2 Å². The zero-order valence-corrected chi connectivity index (χ0v) is 26.7. The van der Waals surface area contributed by atoms with Crippen LogP contribution in [0.5, 0.6) is 0 Å². The van der Waals surface area contributed by atoms with Gasteiger partial charge in [-0.2, -0.15) is 0 Å². The summed E-state index contributed by atoms with van der Waals surface area (Å²) < 4.78 is 60.6. The number of fused-ring (bicyclic) bond motifs is 6. The molecule has 0 aliphatic heterocycles. The number of nitrogens with zero attached hydrogens (tertiary/aromatic N) is 2. The predicted molar refractivity (Wildman–Crippen MR) is 209 cm³/mol. The Hall–Kier alpha value is -6.16. The van der Waals surface area contributed by atoms with Gasteiger partial charge >= 0.3 is 0 Å². The summed E-state index contributed by atoms with van der Waals surface area (Å²) in [5.74, 6) is 0. The molecule has 0 fully saturated rings. The SMILES string of the molecule is [2H]c1nc2c(c([2H])c1[2H])c([2H])c([2H])c1c([2H])c([2H])c(-c3ccc(-c4cc(-c5cccc6ccccc56)sc4-c4cccc5ccccc45)c4ccccc34)nc12. The maximum Gasteiger partial charge on any atom is 0.0972 e. The molecular formula is C46H28N2S. The van der Waals surface area contributed by atoms with E-state index in [4.69, 9.17) is 13.2 Å². The minimum atomic E-state index is -0.457. The molecular weight excluding hydrogens is 613 g/mol. The number of rotatable bonds is 4. The fourth-order valence-corrected chi connectivity index (χ4v) is 8.22. The first-order valence-electron chi connectivity index (χ1n) is 19.5. The number of pyridine rings is 2. The fraction of sp³-hybridized carbons (Fsp3) is 0. The molecule has 0 amide bonds. The zero-order valence-electron chi connectivity index (χ0n) is 32.9. The highest BCUT2D eigenvalue weighted by Gasteiger charge is 2.20. The Morgan fingerprint density at radius 1 is 0.449 bits per heavy atom. The van der Waals surface area contributed by atoms with E-state index in [2.05, 4.69) is 102 Å². The van der Waals surface area contributed by atoms with E-state index >= 15 is 0 Å². The molecule has 7 aromatic carbocycles. The molecule has 0 unspecified atom stereocenters. The number of aromatic nitrogens is 2. The van der Waals surface area contributed by atoms with Crippen LogP contribution in [0.15, 0.2) is 170 Å². The Balaban J connectivity index is 1.25. The molecule has 3 heteroatoms. The van der Waals surface area contributed by atoms with Crippen molar-refractivity contribution in [1.29, 1.82) is 0 Å². The van der Waals surface area contributed by atoms with Crippen molar-refractivity contribution in [1.82, 2.24) is 9.97 Å². The largest absolute Gasteiger partial charge is 0.254 e. The molecule has 228 valence electrons. The Labute approximate surface area is 297 Å². The van der Waals surface area contributed by atoms with E-state index in [0.29, 0.717) is 5.56 Å². The summed E-state index contributed by atoms with van der Waals surface area (Å²) in [4.78, 5) is 11.4. The number of benzene rings is 7. The van der Waals surface area contributed by atoms with Crippen LogP contribution in [-0.4, -0.2) is 9.97 Å². The summed E-state index contributed by atoms with van der Waals surface area (Å²) in [5, 5.41) is 6.27. The van der Waals surface area contributed by atoms with Crippen molar-refractivity contribution in [2.45, 2.75) is 0 Å². The number of hydrogen-bond donors (Lipinski definition) is 0. The van der Waals surface area contributed by atoms with E-state index in [1.54, 1.807) is 11.3 Å². The maximum absolute atomic E-state index is 9.17. The van der Waals surface area contributed by atoms with Crippen LogP contribution in [0.4, 0.5) is 0 Å². The summed E-state index contributed by atoms with van der Waals surface area (Å²) in [7, 11) is 0. The number of hydrogen-bond acceptors (Lipinski definition) is 3. The smallest absolute Gasteiger partial charge is 0.0972 e. The third kappa shape index (κ3) is 4.55. The van der Waals surface area contributed by atoms with Gasteiger partial charge in [-0.1, -0.05) is 145 Å². The first-order valence-corrected chi connectivity index (χ1v) is 16.8. The van der Waals surface area contributed by atoms with E-state index in [9.17, 15) is 1.37 Å². The molecule has 0 radical (unpaired) electrons. The second-order valence-electron chi connectivity index (χ2n) is 12.0. The van der Waals surface area contributed by atoms with E-state index in [1.807, 2.05) is 30.3 Å². The summed E-state index contributed by atoms with van der Waals surface area (Å²) in [6, 6.07) is 41.8. The van der Waals surface area contributed by atoms with Crippen LogP contribution in [0.2, 0.25) is 0 Å². The maximum atomic E-state index is 9.17. The minimum Gasteiger partial charge on any atom is -0.254 e. The Bertz CT molecular complexity index is 3290. The first kappa shape index (κ1) is 21.7. The van der Waals surface area contributed by atoms with Crippen LogP contribution in [-0.2, 0) is 0 Å². The zero-order chi connectivity index (χ0) is 38.4. The monoisotopic (exact) mass is 647 g/mol. The van der Waals surface area contributed by atoms with Gasteiger partial charge < -0.3 is 0 Å². The molecule has 0 bridgehead atoms. The normalized spacial score (nSPS) is 13.7. The van der Waals surface area contributed by atoms with Crippen LogP contribution in [0.1, 0.15) is 9.60 Å². The van der Waals surface area contributed by atoms with E-state index in [0.717, 1.165) is 53.6 Å².